The van der Waals surface area contributed by atoms with Gasteiger partial charge in [-0.15, -0.1) is 0 Å². The summed E-state index contributed by atoms with van der Waals surface area (Å²) in [6, 6.07) is 21.7. The van der Waals surface area contributed by atoms with Gasteiger partial charge in [-0.1, -0.05) is 111 Å². The Balaban J connectivity index is 1.98. The second kappa shape index (κ2) is 11.2. The normalized spacial score (nSPS) is 16.2. The smallest absolute Gasteiger partial charge is 0.0727 e. The zero-order chi connectivity index (χ0) is 26.0. The largest absolute Gasteiger partial charge is 0.0843 e. The molecule has 1 atom stereocenters. The quantitative estimate of drug-likeness (QED) is 0.277. The Bertz CT molecular complexity index is 1290. The number of allylic oxidation sites excluding steroid dienone is 4. The fourth-order valence-corrected chi connectivity index (χ4v) is 8.29. The van der Waals surface area contributed by atoms with Crippen LogP contribution in [-0.2, 0) is 25.7 Å². The van der Waals surface area contributed by atoms with Gasteiger partial charge in [0.15, 0.2) is 0 Å². The van der Waals surface area contributed by atoms with Gasteiger partial charge in [-0.25, -0.2) is 0 Å². The van der Waals surface area contributed by atoms with E-state index in [2.05, 4.69) is 110 Å². The number of hydrogen-bond acceptors (Lipinski definition) is 0. The first-order valence-corrected chi connectivity index (χ1v) is 15.5. The number of hydrogen-bond donors (Lipinski definition) is 0. The maximum atomic E-state index is 2.47. The summed E-state index contributed by atoms with van der Waals surface area (Å²) < 4.78 is 0. The average Bonchev–Trinajstić information content (AvgIpc) is 3.09. The van der Waals surface area contributed by atoms with Crippen LogP contribution in [0.4, 0.5) is 0 Å². The van der Waals surface area contributed by atoms with E-state index in [1.807, 2.05) is 0 Å². The SMILES string of the molecule is CCc1cc(CC)cc(-c2cccc([SiH2]C3=C(C)C(C)=C(C)C3C)c2-c2cc(CC)cc(CC)c2)c1. The Hall–Kier alpha value is -2.64. The molecule has 36 heavy (non-hydrogen) atoms. The standard InChI is InChI=1S/C35H44Si/c1-9-26-16-27(10-2)19-30(18-26)32-14-13-15-33(36-35-24(7)22(5)23(6)25(35)8)34(32)31-20-28(11-3)17-29(12-4)21-31/h13-21,24H,9-12,36H2,1-8H3. The van der Waals surface area contributed by atoms with Crippen LogP contribution in [0.1, 0.15) is 77.6 Å². The third kappa shape index (κ3) is 5.09. The molecule has 1 unspecified atom stereocenters. The minimum Gasteiger partial charge on any atom is -0.0727 e. The molecule has 3 aromatic rings. The molecule has 0 nitrogen and oxygen atoms in total. The highest BCUT2D eigenvalue weighted by Crippen LogP contribution is 2.38. The van der Waals surface area contributed by atoms with Crippen LogP contribution in [0.5, 0.6) is 0 Å². The van der Waals surface area contributed by atoms with Crippen molar-refractivity contribution in [2.75, 3.05) is 0 Å². The third-order valence-corrected chi connectivity index (χ3v) is 11.2. The highest BCUT2D eigenvalue weighted by Gasteiger charge is 2.25. The zero-order valence-corrected chi connectivity index (χ0v) is 25.2. The molecule has 1 aliphatic rings. The molecule has 0 fully saturated rings. The van der Waals surface area contributed by atoms with Crippen molar-refractivity contribution in [3.05, 3.63) is 98.8 Å². The molecule has 1 heteroatoms. The zero-order valence-electron chi connectivity index (χ0n) is 23.8. The van der Waals surface area contributed by atoms with Gasteiger partial charge >= 0.3 is 0 Å². The molecule has 0 spiro atoms. The first-order valence-electron chi connectivity index (χ1n) is 14.1. The summed E-state index contributed by atoms with van der Waals surface area (Å²) in [6.07, 6.45) is 4.29. The molecule has 0 saturated carbocycles. The van der Waals surface area contributed by atoms with Gasteiger partial charge in [0.05, 0.1) is 9.52 Å². The van der Waals surface area contributed by atoms with Crippen LogP contribution in [-0.4, -0.2) is 9.52 Å². The Morgan fingerprint density at radius 1 is 0.639 bits per heavy atom. The molecule has 0 saturated heterocycles. The van der Waals surface area contributed by atoms with Crippen LogP contribution < -0.4 is 5.19 Å². The lowest BCUT2D eigenvalue weighted by atomic mass is 9.89. The number of benzene rings is 3. The predicted octanol–water partition coefficient (Wildman–Crippen LogP) is 8.32. The third-order valence-electron chi connectivity index (χ3n) is 8.68. The maximum absolute atomic E-state index is 2.47. The van der Waals surface area contributed by atoms with Crippen molar-refractivity contribution in [2.45, 2.75) is 81.1 Å². The van der Waals surface area contributed by atoms with E-state index >= 15 is 0 Å². The molecule has 0 heterocycles. The lowest BCUT2D eigenvalue weighted by Gasteiger charge is -2.21. The van der Waals surface area contributed by atoms with Crippen LogP contribution in [0.2, 0.25) is 0 Å². The molecule has 4 rings (SSSR count). The summed E-state index contributed by atoms with van der Waals surface area (Å²) in [5.41, 5.74) is 16.1. The fourth-order valence-electron chi connectivity index (χ4n) is 5.91. The second-order valence-electron chi connectivity index (χ2n) is 10.7. The average molecular weight is 493 g/mol. The van der Waals surface area contributed by atoms with E-state index in [9.17, 15) is 0 Å². The Morgan fingerprint density at radius 3 is 1.58 bits per heavy atom. The summed E-state index contributed by atoms with van der Waals surface area (Å²) in [6.45, 7) is 18.5. The van der Waals surface area contributed by atoms with Crippen molar-refractivity contribution < 1.29 is 0 Å². The van der Waals surface area contributed by atoms with Crippen LogP contribution in [0, 0.1) is 5.92 Å². The number of rotatable bonds is 8. The number of aryl methyl sites for hydroxylation is 4. The van der Waals surface area contributed by atoms with Crippen molar-refractivity contribution in [3.8, 4) is 22.3 Å². The van der Waals surface area contributed by atoms with Gasteiger partial charge in [-0.3, -0.25) is 0 Å². The van der Waals surface area contributed by atoms with Crippen molar-refractivity contribution in [1.82, 2.24) is 0 Å². The molecule has 188 valence electrons. The van der Waals surface area contributed by atoms with Gasteiger partial charge < -0.3 is 0 Å². The van der Waals surface area contributed by atoms with E-state index in [0.717, 1.165) is 25.7 Å². The minimum absolute atomic E-state index is 0.580. The predicted molar refractivity (Wildman–Crippen MR) is 163 cm³/mol. The lowest BCUT2D eigenvalue weighted by Crippen LogP contribution is -2.23. The molecule has 0 aliphatic heterocycles. The minimum atomic E-state index is -0.621. The van der Waals surface area contributed by atoms with E-state index in [0.29, 0.717) is 5.92 Å². The molecule has 0 N–H and O–H groups in total. The molecule has 0 amide bonds. The molecule has 0 bridgehead atoms. The molecule has 3 aromatic carbocycles. The highest BCUT2D eigenvalue weighted by molar-refractivity contribution is 6.63. The van der Waals surface area contributed by atoms with Crippen LogP contribution in [0.3, 0.4) is 0 Å². The Morgan fingerprint density at radius 2 is 1.14 bits per heavy atom. The monoisotopic (exact) mass is 492 g/mol. The molecule has 0 aromatic heterocycles. The van der Waals surface area contributed by atoms with Crippen molar-refractivity contribution in [2.24, 2.45) is 5.92 Å². The lowest BCUT2D eigenvalue weighted by molar-refractivity contribution is 0.856. The summed E-state index contributed by atoms with van der Waals surface area (Å²) in [4.78, 5) is 0. The van der Waals surface area contributed by atoms with E-state index in [4.69, 9.17) is 0 Å². The van der Waals surface area contributed by atoms with Gasteiger partial charge in [0.2, 0.25) is 0 Å². The molecular weight excluding hydrogens is 448 g/mol. The first-order chi connectivity index (χ1) is 17.3. The second-order valence-corrected chi connectivity index (χ2v) is 12.6. The van der Waals surface area contributed by atoms with Crippen molar-refractivity contribution >= 4 is 14.7 Å². The fraction of sp³-hybridized carbons (Fsp3) is 0.371. The van der Waals surface area contributed by atoms with E-state index < -0.39 is 9.52 Å². The Kier molecular flexibility index (Phi) is 8.20. The van der Waals surface area contributed by atoms with Crippen molar-refractivity contribution in [3.63, 3.8) is 0 Å². The van der Waals surface area contributed by atoms with E-state index in [1.54, 1.807) is 21.5 Å². The van der Waals surface area contributed by atoms with Crippen LogP contribution in [0.15, 0.2) is 76.5 Å². The maximum Gasteiger partial charge on any atom is 0.0843 e. The molecular formula is C35H44Si. The Labute approximate surface area is 222 Å². The summed E-state index contributed by atoms with van der Waals surface area (Å²) >= 11 is 0. The van der Waals surface area contributed by atoms with Crippen molar-refractivity contribution in [1.29, 1.82) is 0 Å². The topological polar surface area (TPSA) is 0 Å². The van der Waals surface area contributed by atoms with E-state index in [-0.39, 0.29) is 0 Å². The molecule has 0 radical (unpaired) electrons. The van der Waals surface area contributed by atoms with Crippen LogP contribution >= 0.6 is 0 Å². The van der Waals surface area contributed by atoms with Gasteiger partial charge in [0.25, 0.3) is 0 Å². The van der Waals surface area contributed by atoms with Crippen LogP contribution in [0.25, 0.3) is 22.3 Å². The van der Waals surface area contributed by atoms with Gasteiger partial charge in [0, 0.05) is 0 Å². The van der Waals surface area contributed by atoms with Gasteiger partial charge in [-0.2, -0.15) is 0 Å². The van der Waals surface area contributed by atoms with E-state index in [1.165, 1.54) is 50.1 Å². The summed E-state index contributed by atoms with van der Waals surface area (Å²) in [5.74, 6) is 0.580. The van der Waals surface area contributed by atoms with Gasteiger partial charge in [-0.05, 0) is 102 Å². The highest BCUT2D eigenvalue weighted by atomic mass is 28.2. The summed E-state index contributed by atoms with van der Waals surface area (Å²) in [5, 5.41) is 3.31. The summed E-state index contributed by atoms with van der Waals surface area (Å²) in [7, 11) is -0.621. The molecule has 1 aliphatic carbocycles. The van der Waals surface area contributed by atoms with Gasteiger partial charge in [0.1, 0.15) is 0 Å². The first kappa shape index (κ1) is 26.4.